The number of nitrogens with two attached hydrogens (primary N) is 1. The smallest absolute Gasteiger partial charge is 0.251 e. The SMILES string of the molecule is Cc1cc(OCc2nnc(SCC(=O)Nc3sc4c(c3C(N)=O)CCC(C)C4)n2C)ccc1Cl. The van der Waals surface area contributed by atoms with Gasteiger partial charge in [-0.2, -0.15) is 0 Å². The number of nitrogens with zero attached hydrogens (tertiary/aromatic N) is 3. The number of aryl methyl sites for hydroxylation is 1. The van der Waals surface area contributed by atoms with Gasteiger partial charge in [0.05, 0.1) is 11.3 Å². The molecule has 3 aromatic rings. The average Bonchev–Trinajstić information content (AvgIpc) is 3.32. The minimum absolute atomic E-state index is 0.125. The van der Waals surface area contributed by atoms with Crippen molar-refractivity contribution in [3.05, 3.63) is 50.6 Å². The van der Waals surface area contributed by atoms with E-state index in [0.29, 0.717) is 38.2 Å². The molecule has 1 unspecified atom stereocenters. The van der Waals surface area contributed by atoms with Gasteiger partial charge in [-0.25, -0.2) is 0 Å². The molecular weight excluding hydrogens is 494 g/mol. The zero-order valence-corrected chi connectivity index (χ0v) is 21.6. The standard InChI is InChI=1S/C23H26ClN5O3S2/c1-12-4-6-15-17(8-12)34-22(20(15)21(25)31)26-19(30)11-33-23-28-27-18(29(23)3)10-32-14-5-7-16(24)13(2)9-14/h5,7,9,12H,4,6,8,10-11H2,1-3H3,(H2,25,31)(H,26,30). The molecule has 0 saturated heterocycles. The van der Waals surface area contributed by atoms with Gasteiger partial charge in [-0.15, -0.1) is 21.5 Å². The lowest BCUT2D eigenvalue weighted by Crippen LogP contribution is -2.20. The number of benzene rings is 1. The first-order chi connectivity index (χ1) is 16.2. The second-order valence-electron chi connectivity index (χ2n) is 8.41. The summed E-state index contributed by atoms with van der Waals surface area (Å²) in [4.78, 5) is 25.9. The van der Waals surface area contributed by atoms with Crippen molar-refractivity contribution in [3.63, 3.8) is 0 Å². The molecule has 0 aliphatic heterocycles. The maximum atomic E-state index is 12.7. The number of anilines is 1. The number of carbonyl (C=O) groups excluding carboxylic acids is 2. The Kier molecular flexibility index (Phi) is 7.49. The lowest BCUT2D eigenvalue weighted by Gasteiger charge is -2.18. The van der Waals surface area contributed by atoms with Gasteiger partial charge in [-0.05, 0) is 61.4 Å². The van der Waals surface area contributed by atoms with Crippen LogP contribution in [0, 0.1) is 12.8 Å². The largest absolute Gasteiger partial charge is 0.486 e. The minimum atomic E-state index is -0.496. The zero-order valence-electron chi connectivity index (χ0n) is 19.2. The predicted octanol–water partition coefficient (Wildman–Crippen LogP) is 4.37. The lowest BCUT2D eigenvalue weighted by atomic mass is 9.88. The number of nitrogens with one attached hydrogen (secondary N) is 1. The summed E-state index contributed by atoms with van der Waals surface area (Å²) < 4.78 is 7.59. The first kappa shape index (κ1) is 24.6. The number of amides is 2. The molecule has 1 aliphatic carbocycles. The van der Waals surface area contributed by atoms with Gasteiger partial charge in [-0.3, -0.25) is 9.59 Å². The monoisotopic (exact) mass is 519 g/mol. The molecule has 0 saturated carbocycles. The predicted molar refractivity (Wildman–Crippen MR) is 135 cm³/mol. The fourth-order valence-corrected chi connectivity index (χ4v) is 6.12. The molecule has 11 heteroatoms. The molecule has 2 aromatic heterocycles. The van der Waals surface area contributed by atoms with Crippen molar-refractivity contribution in [2.24, 2.45) is 18.7 Å². The van der Waals surface area contributed by atoms with Gasteiger partial charge < -0.3 is 20.4 Å². The topological polar surface area (TPSA) is 112 Å². The van der Waals surface area contributed by atoms with E-state index in [2.05, 4.69) is 22.4 Å². The van der Waals surface area contributed by atoms with Crippen molar-refractivity contribution >= 4 is 51.5 Å². The summed E-state index contributed by atoms with van der Waals surface area (Å²) in [7, 11) is 1.83. The van der Waals surface area contributed by atoms with Crippen LogP contribution in [0.1, 0.15) is 45.5 Å². The first-order valence-electron chi connectivity index (χ1n) is 10.9. The van der Waals surface area contributed by atoms with Gasteiger partial charge in [0.2, 0.25) is 5.91 Å². The quantitative estimate of drug-likeness (QED) is 0.427. The van der Waals surface area contributed by atoms with Crippen molar-refractivity contribution in [2.75, 3.05) is 11.1 Å². The third-order valence-electron chi connectivity index (χ3n) is 5.77. The molecule has 2 amide bonds. The fraction of sp³-hybridized carbons (Fsp3) is 0.391. The lowest BCUT2D eigenvalue weighted by molar-refractivity contribution is -0.113. The molecule has 0 spiro atoms. The molecule has 1 atom stereocenters. The Bertz CT molecular complexity index is 1240. The van der Waals surface area contributed by atoms with Gasteiger partial charge in [-0.1, -0.05) is 30.3 Å². The van der Waals surface area contributed by atoms with Crippen LogP contribution in [0.4, 0.5) is 5.00 Å². The minimum Gasteiger partial charge on any atom is -0.486 e. The summed E-state index contributed by atoms with van der Waals surface area (Å²) in [6.45, 7) is 4.34. The number of fused-ring (bicyclic) bond motifs is 1. The van der Waals surface area contributed by atoms with Gasteiger partial charge >= 0.3 is 0 Å². The van der Waals surface area contributed by atoms with E-state index in [9.17, 15) is 9.59 Å². The van der Waals surface area contributed by atoms with Gasteiger partial charge in [0.1, 0.15) is 17.4 Å². The normalized spacial score (nSPS) is 15.1. The Hall–Kier alpha value is -2.56. The zero-order chi connectivity index (χ0) is 24.4. The van der Waals surface area contributed by atoms with Crippen molar-refractivity contribution in [2.45, 2.75) is 44.9 Å². The summed E-state index contributed by atoms with van der Waals surface area (Å²) in [6.07, 6.45) is 2.74. The summed E-state index contributed by atoms with van der Waals surface area (Å²) in [6, 6.07) is 5.45. The molecule has 3 N–H and O–H groups in total. The number of aromatic nitrogens is 3. The number of thiophene rings is 1. The Labute approximate surface area is 211 Å². The van der Waals surface area contributed by atoms with E-state index in [0.717, 1.165) is 35.3 Å². The molecule has 4 rings (SSSR count). The summed E-state index contributed by atoms with van der Waals surface area (Å²) in [5.74, 6) is 1.29. The summed E-state index contributed by atoms with van der Waals surface area (Å²) >= 11 is 8.78. The second kappa shape index (κ2) is 10.4. The molecule has 1 aromatic carbocycles. The van der Waals surface area contributed by atoms with Crippen LogP contribution in [0.3, 0.4) is 0 Å². The van der Waals surface area contributed by atoms with E-state index in [-0.39, 0.29) is 18.3 Å². The molecule has 2 heterocycles. The fourth-order valence-electron chi connectivity index (χ4n) is 3.84. The van der Waals surface area contributed by atoms with Gasteiger partial charge in [0.15, 0.2) is 11.0 Å². The van der Waals surface area contributed by atoms with E-state index in [4.69, 9.17) is 22.1 Å². The van der Waals surface area contributed by atoms with Crippen LogP contribution in [-0.4, -0.2) is 32.3 Å². The van der Waals surface area contributed by atoms with Gasteiger partial charge in [0.25, 0.3) is 5.91 Å². The second-order valence-corrected chi connectivity index (χ2v) is 10.9. The van der Waals surface area contributed by atoms with Crippen LogP contribution in [0.2, 0.25) is 5.02 Å². The number of hydrogen-bond donors (Lipinski definition) is 2. The Morgan fingerprint density at radius 2 is 2.18 bits per heavy atom. The van der Waals surface area contributed by atoms with Crippen molar-refractivity contribution in [3.8, 4) is 5.75 Å². The average molecular weight is 520 g/mol. The molecule has 0 bridgehead atoms. The number of carbonyl (C=O) groups is 2. The highest BCUT2D eigenvalue weighted by Crippen LogP contribution is 2.39. The van der Waals surface area contributed by atoms with Crippen LogP contribution in [0.15, 0.2) is 23.4 Å². The number of hydrogen-bond acceptors (Lipinski definition) is 7. The molecule has 8 nitrogen and oxygen atoms in total. The van der Waals surface area contributed by atoms with E-state index < -0.39 is 5.91 Å². The Morgan fingerprint density at radius 3 is 2.91 bits per heavy atom. The van der Waals surface area contributed by atoms with Crippen molar-refractivity contribution < 1.29 is 14.3 Å². The van der Waals surface area contributed by atoms with E-state index in [1.54, 1.807) is 16.7 Å². The highest BCUT2D eigenvalue weighted by atomic mass is 35.5. The van der Waals surface area contributed by atoms with E-state index in [1.165, 1.54) is 23.1 Å². The number of rotatable bonds is 8. The maximum absolute atomic E-state index is 12.7. The highest BCUT2D eigenvalue weighted by molar-refractivity contribution is 7.99. The number of ether oxygens (including phenoxy) is 1. The van der Waals surface area contributed by atoms with E-state index in [1.807, 2.05) is 20.0 Å². The molecule has 0 radical (unpaired) electrons. The number of thioether (sulfide) groups is 1. The van der Waals surface area contributed by atoms with Crippen LogP contribution in [0.5, 0.6) is 5.75 Å². The van der Waals surface area contributed by atoms with Crippen LogP contribution < -0.4 is 15.8 Å². The molecule has 0 fully saturated rings. The van der Waals surface area contributed by atoms with Crippen molar-refractivity contribution in [1.82, 2.24) is 14.8 Å². The summed E-state index contributed by atoms with van der Waals surface area (Å²) in [5.41, 5.74) is 8.02. The molecule has 180 valence electrons. The Morgan fingerprint density at radius 1 is 1.38 bits per heavy atom. The molecule has 1 aliphatic rings. The molecular formula is C23H26ClN5O3S2. The van der Waals surface area contributed by atoms with Crippen LogP contribution >= 0.6 is 34.7 Å². The van der Waals surface area contributed by atoms with Crippen LogP contribution in [-0.2, 0) is 31.3 Å². The summed E-state index contributed by atoms with van der Waals surface area (Å²) in [5, 5.41) is 13.0. The third-order valence-corrected chi connectivity index (χ3v) is 8.38. The maximum Gasteiger partial charge on any atom is 0.251 e. The Balaban J connectivity index is 1.36. The number of halogens is 1. The van der Waals surface area contributed by atoms with E-state index >= 15 is 0 Å². The molecule has 34 heavy (non-hydrogen) atoms. The van der Waals surface area contributed by atoms with Gasteiger partial charge in [0, 0.05) is 16.9 Å². The van der Waals surface area contributed by atoms with Crippen LogP contribution in [0.25, 0.3) is 0 Å². The van der Waals surface area contributed by atoms with Crippen molar-refractivity contribution in [1.29, 1.82) is 0 Å². The number of primary amides is 1. The third kappa shape index (κ3) is 5.39. The highest BCUT2D eigenvalue weighted by Gasteiger charge is 2.27. The first-order valence-corrected chi connectivity index (χ1v) is 13.0.